The minimum absolute atomic E-state index is 0.222. The first kappa shape index (κ1) is 26.8. The zero-order valence-corrected chi connectivity index (χ0v) is 22.2. The van der Waals surface area contributed by atoms with E-state index in [0.29, 0.717) is 5.56 Å². The summed E-state index contributed by atoms with van der Waals surface area (Å²) in [6.07, 6.45) is -0.241. The maximum atomic E-state index is 13.9. The first-order chi connectivity index (χ1) is 18.5. The second-order valence-electron chi connectivity index (χ2n) is 8.62. The van der Waals surface area contributed by atoms with Crippen molar-refractivity contribution in [1.82, 2.24) is 0 Å². The van der Waals surface area contributed by atoms with Gasteiger partial charge in [-0.2, -0.15) is 0 Å². The van der Waals surface area contributed by atoms with Crippen molar-refractivity contribution in [2.45, 2.75) is 6.42 Å². The van der Waals surface area contributed by atoms with Crippen LogP contribution in [0, 0.1) is 5.92 Å². The molecule has 0 aliphatic carbocycles. The minimum atomic E-state index is -3.02. The standard InChI is InChI=1S/C32H29O5P/c1-36-31(34)28(23-29(33)24-15-7-3-8-16-24)30(32(35)37-2)38(25-17-9-4-10-18-25,26-19-11-5-12-20-26)27-21-13-6-14-22-27/h3-22,28H,23H2,1-2H3. The van der Waals surface area contributed by atoms with Crippen LogP contribution in [0.2, 0.25) is 0 Å². The number of benzene rings is 4. The van der Waals surface area contributed by atoms with Gasteiger partial charge >= 0.3 is 11.9 Å². The number of esters is 2. The van der Waals surface area contributed by atoms with Crippen molar-refractivity contribution in [1.29, 1.82) is 0 Å². The maximum absolute atomic E-state index is 13.9. The average Bonchev–Trinajstić information content (AvgIpc) is 3.00. The molecule has 0 N–H and O–H groups in total. The summed E-state index contributed by atoms with van der Waals surface area (Å²) in [6.45, 7) is -3.02. The highest BCUT2D eigenvalue weighted by atomic mass is 31.2. The van der Waals surface area contributed by atoms with E-state index in [0.717, 1.165) is 15.9 Å². The average molecular weight is 525 g/mol. The van der Waals surface area contributed by atoms with Crippen molar-refractivity contribution >= 4 is 45.8 Å². The predicted molar refractivity (Wildman–Crippen MR) is 153 cm³/mol. The number of carbonyl (C=O) groups excluding carboxylic acids is 3. The molecule has 5 nitrogen and oxygen atoms in total. The van der Waals surface area contributed by atoms with Gasteiger partial charge in [0.1, 0.15) is 0 Å². The van der Waals surface area contributed by atoms with Crippen LogP contribution < -0.4 is 15.9 Å². The predicted octanol–water partition coefficient (Wildman–Crippen LogP) is 4.39. The molecule has 0 amide bonds. The highest BCUT2D eigenvalue weighted by Crippen LogP contribution is 2.48. The molecule has 0 spiro atoms. The molecule has 192 valence electrons. The van der Waals surface area contributed by atoms with Crippen molar-refractivity contribution in [3.8, 4) is 0 Å². The van der Waals surface area contributed by atoms with Crippen molar-refractivity contribution in [3.63, 3.8) is 0 Å². The number of methoxy groups -OCH3 is 2. The number of Topliss-reactive ketones (excluding diaryl/α,β-unsaturated/α-hetero) is 1. The van der Waals surface area contributed by atoms with E-state index in [9.17, 15) is 14.4 Å². The molecule has 4 aromatic carbocycles. The molecule has 0 fully saturated rings. The fourth-order valence-corrected chi connectivity index (χ4v) is 9.41. The van der Waals surface area contributed by atoms with Crippen molar-refractivity contribution in [2.24, 2.45) is 5.92 Å². The Labute approximate surface area is 223 Å². The molecule has 0 aliphatic rings. The second kappa shape index (κ2) is 12.4. The fourth-order valence-electron chi connectivity index (χ4n) is 4.80. The van der Waals surface area contributed by atoms with Gasteiger partial charge in [-0.1, -0.05) is 121 Å². The summed E-state index contributed by atoms with van der Waals surface area (Å²) in [5, 5.41) is 2.80. The smallest absolute Gasteiger partial charge is 0.335 e. The first-order valence-electron chi connectivity index (χ1n) is 12.2. The maximum Gasteiger partial charge on any atom is 0.335 e. The molecule has 0 heterocycles. The van der Waals surface area contributed by atoms with Gasteiger partial charge in [-0.3, -0.25) is 9.59 Å². The molecule has 0 bridgehead atoms. The van der Waals surface area contributed by atoms with Crippen LogP contribution in [0.5, 0.6) is 0 Å². The van der Waals surface area contributed by atoms with E-state index in [4.69, 9.17) is 9.47 Å². The molecule has 4 rings (SSSR count). The molecule has 1 atom stereocenters. The Bertz CT molecular complexity index is 1350. The molecule has 0 saturated carbocycles. The highest BCUT2D eigenvalue weighted by Gasteiger charge is 2.41. The van der Waals surface area contributed by atoms with Crippen LogP contribution in [0.4, 0.5) is 0 Å². The van der Waals surface area contributed by atoms with E-state index in [-0.39, 0.29) is 17.5 Å². The molecular weight excluding hydrogens is 495 g/mol. The van der Waals surface area contributed by atoms with E-state index < -0.39 is 24.7 Å². The monoisotopic (exact) mass is 524 g/mol. The zero-order valence-electron chi connectivity index (χ0n) is 21.3. The van der Waals surface area contributed by atoms with Gasteiger partial charge in [0.25, 0.3) is 0 Å². The Morgan fingerprint density at radius 3 is 1.37 bits per heavy atom. The van der Waals surface area contributed by atoms with Gasteiger partial charge in [-0.15, -0.1) is 0 Å². The number of hydrogen-bond donors (Lipinski definition) is 0. The third-order valence-corrected chi connectivity index (χ3v) is 10.9. The molecule has 4 aromatic rings. The lowest BCUT2D eigenvalue weighted by atomic mass is 9.95. The lowest BCUT2D eigenvalue weighted by Gasteiger charge is -2.34. The van der Waals surface area contributed by atoms with Crippen LogP contribution in [0.15, 0.2) is 121 Å². The summed E-state index contributed by atoms with van der Waals surface area (Å²) in [5.41, 5.74) is 0.452. The number of ketones is 1. The Balaban J connectivity index is 2.18. The number of rotatable bonds is 9. The summed E-state index contributed by atoms with van der Waals surface area (Å²) in [4.78, 5) is 40.9. The van der Waals surface area contributed by atoms with E-state index >= 15 is 0 Å². The van der Waals surface area contributed by atoms with Crippen LogP contribution >= 0.6 is 6.89 Å². The Morgan fingerprint density at radius 1 is 0.605 bits per heavy atom. The fraction of sp³-hybridized carbons (Fsp3) is 0.125. The molecule has 0 saturated heterocycles. The largest absolute Gasteiger partial charge is 0.469 e. The third-order valence-electron chi connectivity index (χ3n) is 6.49. The molecular formula is C32H29O5P. The van der Waals surface area contributed by atoms with Crippen LogP contribution in [0.25, 0.3) is 0 Å². The minimum Gasteiger partial charge on any atom is -0.469 e. The molecule has 1 unspecified atom stereocenters. The van der Waals surface area contributed by atoms with Crippen molar-refractivity contribution in [2.75, 3.05) is 14.2 Å². The Kier molecular flexibility index (Phi) is 8.73. The van der Waals surface area contributed by atoms with Crippen LogP contribution in [0.1, 0.15) is 16.8 Å². The van der Waals surface area contributed by atoms with Gasteiger partial charge in [0.05, 0.1) is 25.4 Å². The van der Waals surface area contributed by atoms with Gasteiger partial charge in [0.15, 0.2) is 5.78 Å². The van der Waals surface area contributed by atoms with Crippen molar-refractivity contribution in [3.05, 3.63) is 127 Å². The van der Waals surface area contributed by atoms with Crippen molar-refractivity contribution < 1.29 is 23.9 Å². The summed E-state index contributed by atoms with van der Waals surface area (Å²) >= 11 is 0. The van der Waals surface area contributed by atoms with E-state index in [2.05, 4.69) is 0 Å². The third kappa shape index (κ3) is 5.25. The Morgan fingerprint density at radius 2 is 1.00 bits per heavy atom. The van der Waals surface area contributed by atoms with Gasteiger partial charge in [-0.25, -0.2) is 4.79 Å². The SMILES string of the molecule is COC(=O)C(C(CC(=O)c1ccccc1)C(=O)OC)=P(c1ccccc1)(c1ccccc1)c1ccccc1. The number of ether oxygens (including phenoxy) is 2. The normalized spacial score (nSPS) is 11.7. The zero-order chi connectivity index (χ0) is 27.0. The molecule has 0 radical (unpaired) electrons. The molecule has 38 heavy (non-hydrogen) atoms. The Hall–Kier alpha value is -4.21. The van der Waals surface area contributed by atoms with Crippen LogP contribution in [-0.2, 0) is 19.1 Å². The summed E-state index contributed by atoms with van der Waals surface area (Å²) in [6, 6.07) is 37.7. The summed E-state index contributed by atoms with van der Waals surface area (Å²) in [5.74, 6) is -2.75. The summed E-state index contributed by atoms with van der Waals surface area (Å²) in [7, 11) is 2.57. The molecule has 0 aromatic heterocycles. The summed E-state index contributed by atoms with van der Waals surface area (Å²) < 4.78 is 10.6. The van der Waals surface area contributed by atoms with Gasteiger partial charge in [-0.05, 0) is 22.8 Å². The van der Waals surface area contributed by atoms with Gasteiger partial charge in [0, 0.05) is 12.0 Å². The second-order valence-corrected chi connectivity index (χ2v) is 12.0. The van der Waals surface area contributed by atoms with Crippen LogP contribution in [0.3, 0.4) is 0 Å². The topological polar surface area (TPSA) is 69.7 Å². The molecule has 0 aliphatic heterocycles. The number of hydrogen-bond acceptors (Lipinski definition) is 5. The number of carbonyl (C=O) groups is 3. The quantitative estimate of drug-likeness (QED) is 0.185. The first-order valence-corrected chi connectivity index (χ1v) is 14.0. The lowest BCUT2D eigenvalue weighted by Crippen LogP contribution is -2.41. The van der Waals surface area contributed by atoms with E-state index in [1.54, 1.807) is 24.3 Å². The van der Waals surface area contributed by atoms with Gasteiger partial charge < -0.3 is 9.47 Å². The van der Waals surface area contributed by atoms with E-state index in [1.807, 2.05) is 97.1 Å². The lowest BCUT2D eigenvalue weighted by molar-refractivity contribution is -0.144. The van der Waals surface area contributed by atoms with Crippen LogP contribution in [-0.4, -0.2) is 37.2 Å². The highest BCUT2D eigenvalue weighted by molar-refractivity contribution is 7.96. The van der Waals surface area contributed by atoms with Gasteiger partial charge in [0.2, 0.25) is 0 Å². The van der Waals surface area contributed by atoms with E-state index in [1.165, 1.54) is 14.2 Å². The molecule has 6 heteroatoms.